The molecule has 1 aromatic heterocycles. The van der Waals surface area contributed by atoms with E-state index in [-0.39, 0.29) is 5.59 Å². The molecule has 2 N–H and O–H groups in total. The van der Waals surface area contributed by atoms with E-state index in [2.05, 4.69) is 5.10 Å². The summed E-state index contributed by atoms with van der Waals surface area (Å²) >= 11 is 11.7. The number of aromatic nitrogens is 2. The van der Waals surface area contributed by atoms with Gasteiger partial charge in [0.2, 0.25) is 0 Å². The summed E-state index contributed by atoms with van der Waals surface area (Å²) in [6, 6.07) is 6.85. The lowest BCUT2D eigenvalue weighted by Gasteiger charge is -2.03. The SMILES string of the molecule is OB(O)c1ccn(Cc2ccc(Cl)c(Cl)c2)n1. The maximum absolute atomic E-state index is 8.92. The zero-order valence-electron chi connectivity index (χ0n) is 8.72. The van der Waals surface area contributed by atoms with Crippen LogP contribution in [0.5, 0.6) is 0 Å². The number of nitrogens with zero attached hydrogens (tertiary/aromatic N) is 2. The minimum absolute atomic E-state index is 0.213. The van der Waals surface area contributed by atoms with Crippen LogP contribution in [0.25, 0.3) is 0 Å². The second-order valence-corrected chi connectivity index (χ2v) is 4.37. The van der Waals surface area contributed by atoms with E-state index >= 15 is 0 Å². The minimum atomic E-state index is -1.55. The third-order valence-electron chi connectivity index (χ3n) is 2.25. The summed E-state index contributed by atoms with van der Waals surface area (Å²) in [6.45, 7) is 0.490. The molecule has 0 aliphatic carbocycles. The maximum Gasteiger partial charge on any atom is 0.510 e. The van der Waals surface area contributed by atoms with Gasteiger partial charge in [0.15, 0.2) is 0 Å². The Balaban J connectivity index is 2.16. The van der Waals surface area contributed by atoms with Crippen LogP contribution in [0, 0.1) is 0 Å². The normalized spacial score (nSPS) is 10.6. The Kier molecular flexibility index (Phi) is 3.74. The average molecular weight is 271 g/mol. The summed E-state index contributed by atoms with van der Waals surface area (Å²) in [5.74, 6) is 0. The van der Waals surface area contributed by atoms with Gasteiger partial charge in [-0.15, -0.1) is 0 Å². The number of hydrogen-bond acceptors (Lipinski definition) is 3. The van der Waals surface area contributed by atoms with Gasteiger partial charge in [-0.05, 0) is 23.8 Å². The van der Waals surface area contributed by atoms with Gasteiger partial charge in [0.1, 0.15) is 0 Å². The first-order valence-corrected chi connectivity index (χ1v) is 5.65. The number of benzene rings is 1. The van der Waals surface area contributed by atoms with Crippen LogP contribution in [0.3, 0.4) is 0 Å². The molecule has 0 radical (unpaired) electrons. The Labute approximate surface area is 109 Å². The van der Waals surface area contributed by atoms with Crippen LogP contribution >= 0.6 is 23.2 Å². The van der Waals surface area contributed by atoms with Gasteiger partial charge in [0, 0.05) is 6.20 Å². The second kappa shape index (κ2) is 5.10. The van der Waals surface area contributed by atoms with E-state index in [1.807, 2.05) is 6.07 Å². The highest BCUT2D eigenvalue weighted by molar-refractivity contribution is 6.57. The minimum Gasteiger partial charge on any atom is -0.422 e. The summed E-state index contributed by atoms with van der Waals surface area (Å²) in [7, 11) is -1.55. The molecule has 4 nitrogen and oxygen atoms in total. The molecule has 88 valence electrons. The summed E-state index contributed by atoms with van der Waals surface area (Å²) in [4.78, 5) is 0. The van der Waals surface area contributed by atoms with Gasteiger partial charge in [-0.25, -0.2) is 0 Å². The molecular formula is C10H9BCl2N2O2. The molecule has 0 aliphatic heterocycles. The standard InChI is InChI=1S/C10H9BCl2N2O2/c12-8-2-1-7(5-9(8)13)6-15-4-3-10(14-15)11(16)17/h1-5,16-17H,6H2. The zero-order valence-corrected chi connectivity index (χ0v) is 10.2. The van der Waals surface area contributed by atoms with E-state index in [1.54, 1.807) is 29.1 Å². The smallest absolute Gasteiger partial charge is 0.422 e. The lowest BCUT2D eigenvalue weighted by molar-refractivity contribution is 0.423. The average Bonchev–Trinajstić information content (AvgIpc) is 2.72. The van der Waals surface area contributed by atoms with Crippen molar-refractivity contribution in [3.63, 3.8) is 0 Å². The van der Waals surface area contributed by atoms with Crippen molar-refractivity contribution in [2.45, 2.75) is 6.54 Å². The number of rotatable bonds is 3. The first-order chi connectivity index (χ1) is 8.06. The molecule has 0 saturated carbocycles. The van der Waals surface area contributed by atoms with Gasteiger partial charge in [-0.1, -0.05) is 29.3 Å². The van der Waals surface area contributed by atoms with Crippen LogP contribution in [-0.2, 0) is 6.54 Å². The fourth-order valence-corrected chi connectivity index (χ4v) is 1.75. The number of hydrogen-bond donors (Lipinski definition) is 2. The summed E-state index contributed by atoms with van der Waals surface area (Å²) in [6.07, 6.45) is 1.66. The first kappa shape index (κ1) is 12.5. The van der Waals surface area contributed by atoms with Crippen molar-refractivity contribution in [1.29, 1.82) is 0 Å². The van der Waals surface area contributed by atoms with E-state index in [0.29, 0.717) is 16.6 Å². The molecular weight excluding hydrogens is 262 g/mol. The van der Waals surface area contributed by atoms with Crippen molar-refractivity contribution in [1.82, 2.24) is 9.78 Å². The monoisotopic (exact) mass is 270 g/mol. The molecule has 17 heavy (non-hydrogen) atoms. The van der Waals surface area contributed by atoms with Gasteiger partial charge in [-0.2, -0.15) is 5.10 Å². The van der Waals surface area contributed by atoms with Crippen LogP contribution in [0.4, 0.5) is 0 Å². The molecule has 0 atom stereocenters. The first-order valence-electron chi connectivity index (χ1n) is 4.89. The fraction of sp³-hybridized carbons (Fsp3) is 0.100. The van der Waals surface area contributed by atoms with Crippen molar-refractivity contribution in [2.24, 2.45) is 0 Å². The van der Waals surface area contributed by atoms with E-state index < -0.39 is 7.12 Å². The van der Waals surface area contributed by atoms with E-state index in [0.717, 1.165) is 5.56 Å². The van der Waals surface area contributed by atoms with E-state index in [9.17, 15) is 0 Å². The largest absolute Gasteiger partial charge is 0.510 e. The Morgan fingerprint density at radius 1 is 1.18 bits per heavy atom. The molecule has 0 unspecified atom stereocenters. The molecule has 1 aromatic carbocycles. The van der Waals surface area contributed by atoms with Crippen LogP contribution in [0.15, 0.2) is 30.5 Å². The van der Waals surface area contributed by atoms with Crippen LogP contribution in [0.2, 0.25) is 10.0 Å². The molecule has 7 heteroatoms. The highest BCUT2D eigenvalue weighted by Crippen LogP contribution is 2.22. The van der Waals surface area contributed by atoms with Crippen molar-refractivity contribution < 1.29 is 10.0 Å². The molecule has 0 fully saturated rings. The summed E-state index contributed by atoms with van der Waals surface area (Å²) in [5.41, 5.74) is 1.14. The molecule has 2 rings (SSSR count). The van der Waals surface area contributed by atoms with Gasteiger partial charge < -0.3 is 10.0 Å². The molecule has 2 aromatic rings. The number of halogens is 2. The fourth-order valence-electron chi connectivity index (χ4n) is 1.43. The van der Waals surface area contributed by atoms with Crippen LogP contribution in [0.1, 0.15) is 5.56 Å². The molecule has 0 bridgehead atoms. The van der Waals surface area contributed by atoms with Crippen molar-refractivity contribution in [3.05, 3.63) is 46.1 Å². The highest BCUT2D eigenvalue weighted by Gasteiger charge is 2.14. The predicted molar refractivity (Wildman–Crippen MR) is 67.6 cm³/mol. The molecule has 0 spiro atoms. The van der Waals surface area contributed by atoms with Crippen molar-refractivity contribution in [3.8, 4) is 0 Å². The van der Waals surface area contributed by atoms with Crippen molar-refractivity contribution in [2.75, 3.05) is 0 Å². The Bertz CT molecular complexity index is 531. The van der Waals surface area contributed by atoms with Gasteiger partial charge >= 0.3 is 7.12 Å². The summed E-state index contributed by atoms with van der Waals surface area (Å²) in [5, 5.41) is 22.8. The third kappa shape index (κ3) is 3.01. The van der Waals surface area contributed by atoms with Crippen molar-refractivity contribution >= 4 is 35.9 Å². The lowest BCUT2D eigenvalue weighted by Crippen LogP contribution is -2.31. The predicted octanol–water partition coefficient (Wildman–Crippen LogP) is 0.918. The molecule has 1 heterocycles. The molecule has 0 amide bonds. The Morgan fingerprint density at radius 2 is 1.94 bits per heavy atom. The third-order valence-corrected chi connectivity index (χ3v) is 2.99. The molecule has 0 aliphatic rings. The zero-order chi connectivity index (χ0) is 12.4. The van der Waals surface area contributed by atoms with Crippen LogP contribution < -0.4 is 5.59 Å². The van der Waals surface area contributed by atoms with Gasteiger partial charge in [0.25, 0.3) is 0 Å². The maximum atomic E-state index is 8.92. The van der Waals surface area contributed by atoms with Crippen LogP contribution in [-0.4, -0.2) is 26.9 Å². The van der Waals surface area contributed by atoms with E-state index in [1.165, 1.54) is 0 Å². The summed E-state index contributed by atoms with van der Waals surface area (Å²) < 4.78 is 1.59. The van der Waals surface area contributed by atoms with Gasteiger partial charge in [-0.3, -0.25) is 4.68 Å². The van der Waals surface area contributed by atoms with E-state index in [4.69, 9.17) is 33.2 Å². The van der Waals surface area contributed by atoms with Gasteiger partial charge in [0.05, 0.1) is 22.2 Å². The lowest BCUT2D eigenvalue weighted by atomic mass is 9.87. The Hall–Kier alpha value is -1.01. The second-order valence-electron chi connectivity index (χ2n) is 3.56. The Morgan fingerprint density at radius 3 is 2.53 bits per heavy atom. The molecule has 0 saturated heterocycles. The highest BCUT2D eigenvalue weighted by atomic mass is 35.5. The topological polar surface area (TPSA) is 58.3 Å². The quantitative estimate of drug-likeness (QED) is 0.816.